The van der Waals surface area contributed by atoms with Crippen LogP contribution in [0.2, 0.25) is 0 Å². The molecule has 0 aromatic rings. The highest BCUT2D eigenvalue weighted by molar-refractivity contribution is 5.93. The molecular weight excluding hydrogens is 304 g/mol. The number of carboxylic acid groups (broad SMARTS) is 1. The number of carbonyl (C=O) groups is 4. The zero-order chi connectivity index (χ0) is 18.2. The third-order valence-electron chi connectivity index (χ3n) is 2.92. The molecule has 0 spiro atoms. The van der Waals surface area contributed by atoms with Crippen LogP contribution in [0, 0.1) is 5.92 Å². The van der Waals surface area contributed by atoms with Crippen LogP contribution < -0.4 is 21.7 Å². The van der Waals surface area contributed by atoms with Gasteiger partial charge in [0.05, 0.1) is 6.04 Å². The molecule has 9 nitrogen and oxygen atoms in total. The van der Waals surface area contributed by atoms with E-state index < -0.39 is 48.4 Å². The van der Waals surface area contributed by atoms with Gasteiger partial charge in [-0.1, -0.05) is 13.8 Å². The summed E-state index contributed by atoms with van der Waals surface area (Å²) < 4.78 is 0. The Labute approximate surface area is 135 Å². The first-order valence-corrected chi connectivity index (χ1v) is 7.40. The van der Waals surface area contributed by atoms with Crippen molar-refractivity contribution in [1.82, 2.24) is 16.0 Å². The molecule has 23 heavy (non-hydrogen) atoms. The fraction of sp³-hybridized carbons (Fsp3) is 0.714. The van der Waals surface area contributed by atoms with E-state index in [2.05, 4.69) is 16.0 Å². The molecule has 0 aromatic heterocycles. The molecule has 0 radical (unpaired) electrons. The van der Waals surface area contributed by atoms with E-state index in [0.29, 0.717) is 6.42 Å². The SMILES string of the molecule is CC(C)CC(NC(=O)C(C)N)C(=O)NC(C)C(=O)NCC(=O)O. The fourth-order valence-electron chi connectivity index (χ4n) is 1.70. The molecular formula is C14H26N4O5. The molecule has 9 heteroatoms. The van der Waals surface area contributed by atoms with Crippen LogP contribution in [0.1, 0.15) is 34.1 Å². The van der Waals surface area contributed by atoms with Gasteiger partial charge in [0.25, 0.3) is 0 Å². The molecule has 0 aliphatic rings. The van der Waals surface area contributed by atoms with Crippen molar-refractivity contribution in [3.05, 3.63) is 0 Å². The molecule has 6 N–H and O–H groups in total. The molecule has 3 unspecified atom stereocenters. The van der Waals surface area contributed by atoms with Crippen LogP contribution in [0.15, 0.2) is 0 Å². The Morgan fingerprint density at radius 1 is 0.957 bits per heavy atom. The summed E-state index contributed by atoms with van der Waals surface area (Å²) in [5.41, 5.74) is 5.47. The summed E-state index contributed by atoms with van der Waals surface area (Å²) in [4.78, 5) is 46.0. The van der Waals surface area contributed by atoms with E-state index in [0.717, 1.165) is 0 Å². The first kappa shape index (κ1) is 20.8. The number of rotatable bonds is 9. The van der Waals surface area contributed by atoms with Gasteiger partial charge in [0.15, 0.2) is 0 Å². The van der Waals surface area contributed by atoms with Crippen molar-refractivity contribution in [3.8, 4) is 0 Å². The van der Waals surface area contributed by atoms with Gasteiger partial charge in [-0.2, -0.15) is 0 Å². The van der Waals surface area contributed by atoms with Crippen molar-refractivity contribution in [2.75, 3.05) is 6.54 Å². The second-order valence-corrected chi connectivity index (χ2v) is 5.82. The van der Waals surface area contributed by atoms with Crippen LogP contribution in [0.3, 0.4) is 0 Å². The van der Waals surface area contributed by atoms with Gasteiger partial charge in [-0.25, -0.2) is 0 Å². The van der Waals surface area contributed by atoms with Crippen LogP contribution in [0.5, 0.6) is 0 Å². The van der Waals surface area contributed by atoms with Gasteiger partial charge < -0.3 is 26.8 Å². The van der Waals surface area contributed by atoms with Gasteiger partial charge in [-0.15, -0.1) is 0 Å². The molecule has 132 valence electrons. The average molecular weight is 330 g/mol. The van der Waals surface area contributed by atoms with E-state index in [1.165, 1.54) is 13.8 Å². The largest absolute Gasteiger partial charge is 0.480 e. The number of hydrogen-bond acceptors (Lipinski definition) is 5. The number of nitrogens with one attached hydrogen (secondary N) is 3. The first-order chi connectivity index (χ1) is 10.5. The van der Waals surface area contributed by atoms with Crippen molar-refractivity contribution in [3.63, 3.8) is 0 Å². The minimum Gasteiger partial charge on any atom is -0.480 e. The summed E-state index contributed by atoms with van der Waals surface area (Å²) in [5, 5.41) is 15.7. The summed E-state index contributed by atoms with van der Waals surface area (Å²) in [6.07, 6.45) is 0.383. The lowest BCUT2D eigenvalue weighted by molar-refractivity contribution is -0.138. The third-order valence-corrected chi connectivity index (χ3v) is 2.92. The molecule has 0 saturated heterocycles. The zero-order valence-electron chi connectivity index (χ0n) is 13.9. The van der Waals surface area contributed by atoms with Gasteiger partial charge >= 0.3 is 5.97 Å². The summed E-state index contributed by atoms with van der Waals surface area (Å²) in [7, 11) is 0. The Hall–Kier alpha value is -2.16. The quantitative estimate of drug-likeness (QED) is 0.350. The minimum atomic E-state index is -1.18. The fourth-order valence-corrected chi connectivity index (χ4v) is 1.70. The molecule has 0 rings (SSSR count). The predicted molar refractivity (Wildman–Crippen MR) is 83.3 cm³/mol. The number of carboxylic acids is 1. The monoisotopic (exact) mass is 330 g/mol. The van der Waals surface area contributed by atoms with Crippen molar-refractivity contribution < 1.29 is 24.3 Å². The molecule has 0 aliphatic heterocycles. The van der Waals surface area contributed by atoms with Crippen molar-refractivity contribution in [2.45, 2.75) is 52.2 Å². The molecule has 3 amide bonds. The highest BCUT2D eigenvalue weighted by atomic mass is 16.4. The maximum absolute atomic E-state index is 12.2. The Morgan fingerprint density at radius 2 is 1.52 bits per heavy atom. The first-order valence-electron chi connectivity index (χ1n) is 7.40. The van der Waals surface area contributed by atoms with E-state index in [1.54, 1.807) is 0 Å². The van der Waals surface area contributed by atoms with Crippen LogP contribution >= 0.6 is 0 Å². The molecule has 0 saturated carbocycles. The molecule has 0 bridgehead atoms. The van der Waals surface area contributed by atoms with Crippen LogP contribution in [-0.4, -0.2) is 53.5 Å². The van der Waals surface area contributed by atoms with Crippen molar-refractivity contribution in [1.29, 1.82) is 0 Å². The summed E-state index contributed by atoms with van der Waals surface area (Å²) in [6, 6.07) is -2.50. The van der Waals surface area contributed by atoms with Crippen LogP contribution in [-0.2, 0) is 19.2 Å². The predicted octanol–water partition coefficient (Wildman–Crippen LogP) is -1.43. The molecule has 0 fully saturated rings. The lowest BCUT2D eigenvalue weighted by atomic mass is 10.0. The summed E-state index contributed by atoms with van der Waals surface area (Å²) >= 11 is 0. The van der Waals surface area contributed by atoms with Crippen LogP contribution in [0.4, 0.5) is 0 Å². The zero-order valence-corrected chi connectivity index (χ0v) is 13.9. The van der Waals surface area contributed by atoms with Gasteiger partial charge in [-0.3, -0.25) is 19.2 Å². The normalized spacial score (nSPS) is 14.5. The topological polar surface area (TPSA) is 151 Å². The van der Waals surface area contributed by atoms with E-state index in [-0.39, 0.29) is 5.92 Å². The number of carbonyl (C=O) groups excluding carboxylic acids is 3. The van der Waals surface area contributed by atoms with Gasteiger partial charge in [0, 0.05) is 0 Å². The maximum Gasteiger partial charge on any atom is 0.322 e. The second kappa shape index (κ2) is 9.78. The summed E-state index contributed by atoms with van der Waals surface area (Å²) in [6.45, 7) is 6.18. The smallest absolute Gasteiger partial charge is 0.322 e. The Bertz CT molecular complexity index is 450. The highest BCUT2D eigenvalue weighted by Gasteiger charge is 2.26. The number of aliphatic carboxylic acids is 1. The number of nitrogens with two attached hydrogens (primary N) is 1. The molecule has 0 aromatic carbocycles. The minimum absolute atomic E-state index is 0.135. The van der Waals surface area contributed by atoms with Gasteiger partial charge in [0.1, 0.15) is 18.6 Å². The standard InChI is InChI=1S/C14H26N4O5/c1-7(2)5-10(18-12(21)8(3)15)14(23)17-9(4)13(22)16-6-11(19)20/h7-10H,5-6,15H2,1-4H3,(H,16,22)(H,17,23)(H,18,21)(H,19,20). The Morgan fingerprint density at radius 3 is 1.96 bits per heavy atom. The van der Waals surface area contributed by atoms with Crippen LogP contribution in [0.25, 0.3) is 0 Å². The van der Waals surface area contributed by atoms with Crippen molar-refractivity contribution >= 4 is 23.7 Å². The average Bonchev–Trinajstić information content (AvgIpc) is 2.42. The van der Waals surface area contributed by atoms with Gasteiger partial charge in [-0.05, 0) is 26.2 Å². The number of hydrogen-bond donors (Lipinski definition) is 5. The maximum atomic E-state index is 12.2. The molecule has 0 heterocycles. The Balaban J connectivity index is 4.71. The summed E-state index contributed by atoms with van der Waals surface area (Å²) in [5.74, 6) is -2.66. The van der Waals surface area contributed by atoms with E-state index in [1.807, 2.05) is 13.8 Å². The van der Waals surface area contributed by atoms with E-state index in [9.17, 15) is 19.2 Å². The molecule has 0 aliphatic carbocycles. The van der Waals surface area contributed by atoms with E-state index >= 15 is 0 Å². The molecule has 3 atom stereocenters. The lowest BCUT2D eigenvalue weighted by Crippen LogP contribution is -2.55. The highest BCUT2D eigenvalue weighted by Crippen LogP contribution is 2.05. The Kier molecular flexibility index (Phi) is 8.86. The van der Waals surface area contributed by atoms with Crippen molar-refractivity contribution in [2.24, 2.45) is 11.7 Å². The van der Waals surface area contributed by atoms with E-state index in [4.69, 9.17) is 10.8 Å². The number of amides is 3. The van der Waals surface area contributed by atoms with Gasteiger partial charge in [0.2, 0.25) is 17.7 Å². The lowest BCUT2D eigenvalue weighted by Gasteiger charge is -2.23. The second-order valence-electron chi connectivity index (χ2n) is 5.82. The third kappa shape index (κ3) is 8.77.